The molecule has 0 aliphatic rings. The minimum Gasteiger partial charge on any atom is -0.495 e. The van der Waals surface area contributed by atoms with Crippen molar-refractivity contribution in [2.24, 2.45) is 0 Å². The molecule has 1 unspecified atom stereocenters. The lowest BCUT2D eigenvalue weighted by Gasteiger charge is -2.15. The van der Waals surface area contributed by atoms with E-state index in [9.17, 15) is 4.79 Å². The van der Waals surface area contributed by atoms with Gasteiger partial charge >= 0.3 is 0 Å². The summed E-state index contributed by atoms with van der Waals surface area (Å²) in [5.41, 5.74) is 1.44. The van der Waals surface area contributed by atoms with Crippen LogP contribution in [-0.2, 0) is 4.79 Å². The Morgan fingerprint density at radius 1 is 1.38 bits per heavy atom. The summed E-state index contributed by atoms with van der Waals surface area (Å²) in [6, 6.07) is 3.59. The van der Waals surface area contributed by atoms with E-state index in [1.54, 1.807) is 23.7 Å². The first kappa shape index (κ1) is 18.5. The van der Waals surface area contributed by atoms with Crippen LogP contribution in [-0.4, -0.2) is 38.5 Å². The first-order valence-electron chi connectivity index (χ1n) is 7.43. The highest BCUT2D eigenvalue weighted by Crippen LogP contribution is 2.32. The molecule has 24 heavy (non-hydrogen) atoms. The van der Waals surface area contributed by atoms with Gasteiger partial charge in [0.1, 0.15) is 5.75 Å². The maximum Gasteiger partial charge on any atom is 0.237 e. The van der Waals surface area contributed by atoms with Gasteiger partial charge in [0.25, 0.3) is 0 Å². The number of nitrogens with one attached hydrogen (secondary N) is 1. The van der Waals surface area contributed by atoms with Crippen molar-refractivity contribution < 1.29 is 9.53 Å². The molecule has 2 aromatic rings. The van der Waals surface area contributed by atoms with Crippen molar-refractivity contribution in [3.05, 3.63) is 22.7 Å². The first-order chi connectivity index (χ1) is 11.3. The van der Waals surface area contributed by atoms with Crippen molar-refractivity contribution in [3.63, 3.8) is 0 Å². The first-order valence-corrected chi connectivity index (χ1v) is 8.68. The monoisotopic (exact) mass is 369 g/mol. The molecule has 1 aromatic heterocycles. The smallest absolute Gasteiger partial charge is 0.237 e. The molecule has 0 aliphatic carbocycles. The number of carbonyl (C=O) groups excluding carboxylic acids is 1. The Morgan fingerprint density at radius 2 is 2.08 bits per heavy atom. The van der Waals surface area contributed by atoms with Gasteiger partial charge in [-0.1, -0.05) is 23.4 Å². The van der Waals surface area contributed by atoms with E-state index in [4.69, 9.17) is 16.3 Å². The van der Waals surface area contributed by atoms with Crippen LogP contribution in [0.15, 0.2) is 17.3 Å². The zero-order chi connectivity index (χ0) is 17.9. The molecule has 1 atom stereocenters. The summed E-state index contributed by atoms with van der Waals surface area (Å²) in [5.74, 6) is 0.349. The zero-order valence-electron chi connectivity index (χ0n) is 14.2. The van der Waals surface area contributed by atoms with Gasteiger partial charge in [-0.05, 0) is 49.8 Å². The molecule has 1 aromatic carbocycles. The number of rotatable bonds is 6. The van der Waals surface area contributed by atoms with E-state index in [0.717, 1.165) is 5.56 Å². The number of benzene rings is 1. The highest BCUT2D eigenvalue weighted by Gasteiger charge is 2.21. The van der Waals surface area contributed by atoms with Gasteiger partial charge in [-0.15, -0.1) is 5.10 Å². The van der Waals surface area contributed by atoms with Crippen LogP contribution < -0.4 is 10.1 Å². The Kier molecular flexibility index (Phi) is 6.06. The lowest BCUT2D eigenvalue weighted by atomic mass is 10.2. The minimum absolute atomic E-state index is 0.122. The molecule has 2 rings (SSSR count). The molecule has 1 N–H and O–H groups in total. The molecule has 1 heterocycles. The quantitative estimate of drug-likeness (QED) is 0.786. The second kappa shape index (κ2) is 7.85. The van der Waals surface area contributed by atoms with Crippen molar-refractivity contribution in [1.29, 1.82) is 0 Å². The van der Waals surface area contributed by atoms with E-state index < -0.39 is 0 Å². The van der Waals surface area contributed by atoms with Crippen LogP contribution in [0.2, 0.25) is 5.02 Å². The molecule has 0 fully saturated rings. The lowest BCUT2D eigenvalue weighted by Crippen LogP contribution is -2.23. The summed E-state index contributed by atoms with van der Waals surface area (Å²) >= 11 is 7.39. The molecule has 130 valence electrons. The van der Waals surface area contributed by atoms with Gasteiger partial charge in [-0.25, -0.2) is 4.68 Å². The fourth-order valence-electron chi connectivity index (χ4n) is 1.96. The molecule has 0 bridgehead atoms. The molecule has 0 aliphatic heterocycles. The molecule has 7 nitrogen and oxygen atoms in total. The van der Waals surface area contributed by atoms with Crippen LogP contribution in [0, 0.1) is 6.92 Å². The summed E-state index contributed by atoms with van der Waals surface area (Å²) in [5, 5.41) is 15.2. The van der Waals surface area contributed by atoms with E-state index in [2.05, 4.69) is 20.8 Å². The maximum atomic E-state index is 12.5. The van der Waals surface area contributed by atoms with Crippen LogP contribution in [0.5, 0.6) is 5.75 Å². The summed E-state index contributed by atoms with van der Waals surface area (Å²) < 4.78 is 6.96. The second-order valence-corrected chi connectivity index (χ2v) is 7.27. The Balaban J connectivity index is 2.12. The lowest BCUT2D eigenvalue weighted by molar-refractivity contribution is -0.115. The van der Waals surface area contributed by atoms with Gasteiger partial charge in [0.15, 0.2) is 0 Å². The highest BCUT2D eigenvalue weighted by atomic mass is 35.5. The predicted molar refractivity (Wildman–Crippen MR) is 94.9 cm³/mol. The number of carbonyl (C=O) groups is 1. The topological polar surface area (TPSA) is 81.9 Å². The summed E-state index contributed by atoms with van der Waals surface area (Å²) in [6.45, 7) is 7.63. The van der Waals surface area contributed by atoms with E-state index in [1.807, 2.05) is 20.8 Å². The molecule has 9 heteroatoms. The summed E-state index contributed by atoms with van der Waals surface area (Å²) in [7, 11) is 1.53. The number of hydrogen-bond donors (Lipinski definition) is 1. The Labute approximate surface area is 150 Å². The van der Waals surface area contributed by atoms with Gasteiger partial charge in [0.05, 0.1) is 24.1 Å². The van der Waals surface area contributed by atoms with Crippen molar-refractivity contribution in [1.82, 2.24) is 20.2 Å². The van der Waals surface area contributed by atoms with Crippen LogP contribution in [0.4, 0.5) is 5.69 Å². The number of tetrazole rings is 1. The third-order valence-corrected chi connectivity index (χ3v) is 4.80. The average Bonchev–Trinajstić information content (AvgIpc) is 2.98. The standard InChI is InChI=1S/C15H20ClN5O2S/c1-8(2)21-15(18-19-20-21)24-10(4)14(22)17-12-6-9(3)11(16)7-13(12)23-5/h6-8,10H,1-5H3,(H,17,22). The maximum absolute atomic E-state index is 12.5. The molecule has 1 amide bonds. The fourth-order valence-corrected chi connectivity index (χ4v) is 3.04. The molecule has 0 radical (unpaired) electrons. The third-order valence-electron chi connectivity index (χ3n) is 3.34. The van der Waals surface area contributed by atoms with E-state index >= 15 is 0 Å². The number of amides is 1. The molecule has 0 saturated carbocycles. The largest absolute Gasteiger partial charge is 0.495 e. The zero-order valence-corrected chi connectivity index (χ0v) is 15.8. The van der Waals surface area contributed by atoms with Gasteiger partial charge in [-0.2, -0.15) is 0 Å². The van der Waals surface area contributed by atoms with Crippen molar-refractivity contribution >= 4 is 35.0 Å². The SMILES string of the molecule is COc1cc(Cl)c(C)cc1NC(=O)C(C)Sc1nnnn1C(C)C. The number of aryl methyl sites for hydroxylation is 1. The highest BCUT2D eigenvalue weighted by molar-refractivity contribution is 8.00. The number of anilines is 1. The van der Waals surface area contributed by atoms with E-state index in [1.165, 1.54) is 18.9 Å². The number of hydrogen-bond acceptors (Lipinski definition) is 6. The summed E-state index contributed by atoms with van der Waals surface area (Å²) in [6.07, 6.45) is 0. The fraction of sp³-hybridized carbons (Fsp3) is 0.467. The summed E-state index contributed by atoms with van der Waals surface area (Å²) in [4.78, 5) is 12.5. The van der Waals surface area contributed by atoms with Crippen LogP contribution in [0.1, 0.15) is 32.4 Å². The predicted octanol–water partition coefficient (Wildman–Crippen LogP) is 3.34. The Morgan fingerprint density at radius 3 is 2.71 bits per heavy atom. The second-order valence-electron chi connectivity index (χ2n) is 5.55. The number of ether oxygens (including phenoxy) is 1. The van der Waals surface area contributed by atoms with Crippen LogP contribution >= 0.6 is 23.4 Å². The van der Waals surface area contributed by atoms with Gasteiger partial charge < -0.3 is 10.1 Å². The number of nitrogens with zero attached hydrogens (tertiary/aromatic N) is 4. The normalized spacial score (nSPS) is 12.3. The van der Waals surface area contributed by atoms with E-state index in [-0.39, 0.29) is 17.2 Å². The van der Waals surface area contributed by atoms with Crippen molar-refractivity contribution in [2.45, 2.75) is 44.1 Å². The number of thioether (sulfide) groups is 1. The van der Waals surface area contributed by atoms with Gasteiger partial charge in [0, 0.05) is 11.1 Å². The molecule has 0 saturated heterocycles. The molecular weight excluding hydrogens is 350 g/mol. The number of halogens is 1. The van der Waals surface area contributed by atoms with E-state index in [0.29, 0.717) is 21.6 Å². The molecule has 0 spiro atoms. The molecular formula is C15H20ClN5O2S. The number of methoxy groups -OCH3 is 1. The van der Waals surface area contributed by atoms with Crippen molar-refractivity contribution in [3.8, 4) is 5.75 Å². The van der Waals surface area contributed by atoms with Gasteiger partial charge in [0.2, 0.25) is 11.1 Å². The van der Waals surface area contributed by atoms with Crippen LogP contribution in [0.25, 0.3) is 0 Å². The Hall–Kier alpha value is -1.80. The van der Waals surface area contributed by atoms with Crippen molar-refractivity contribution in [2.75, 3.05) is 12.4 Å². The third kappa shape index (κ3) is 4.18. The van der Waals surface area contributed by atoms with Crippen LogP contribution in [0.3, 0.4) is 0 Å². The Bertz CT molecular complexity index is 735. The average molecular weight is 370 g/mol. The number of aromatic nitrogens is 4. The minimum atomic E-state index is -0.380. The van der Waals surface area contributed by atoms with Gasteiger partial charge in [-0.3, -0.25) is 4.79 Å².